The van der Waals surface area contributed by atoms with Crippen LogP contribution in [0.2, 0.25) is 0 Å². The van der Waals surface area contributed by atoms with Crippen molar-refractivity contribution in [1.29, 1.82) is 0 Å². The zero-order chi connectivity index (χ0) is 12.5. The average Bonchev–Trinajstić information content (AvgIpc) is 2.19. The van der Waals surface area contributed by atoms with E-state index in [2.05, 4.69) is 15.9 Å². The van der Waals surface area contributed by atoms with E-state index in [1.54, 1.807) is 0 Å². The molecule has 86 valence electrons. The number of nitro benzene ring substituents is 1. The van der Waals surface area contributed by atoms with Gasteiger partial charge in [-0.25, -0.2) is 4.79 Å². The number of carbonyl (C=O) groups is 1. The predicted octanol–water partition coefficient (Wildman–Crippen LogP) is 1.78. The molecule has 1 rings (SSSR count). The van der Waals surface area contributed by atoms with Gasteiger partial charge >= 0.3 is 5.97 Å². The number of hydrogen-bond donors (Lipinski definition) is 2. The van der Waals surface area contributed by atoms with Crippen LogP contribution in [0.1, 0.15) is 17.2 Å². The molecule has 0 aromatic heterocycles. The molecule has 0 aliphatic heterocycles. The highest BCUT2D eigenvalue weighted by Gasteiger charge is 2.29. The van der Waals surface area contributed by atoms with E-state index in [4.69, 9.17) is 5.11 Å². The number of benzene rings is 1. The van der Waals surface area contributed by atoms with Crippen LogP contribution < -0.4 is 0 Å². The first kappa shape index (κ1) is 12.6. The summed E-state index contributed by atoms with van der Waals surface area (Å²) in [5.41, 5.74) is -0.272. The molecule has 0 aliphatic rings. The Morgan fingerprint density at radius 2 is 2.12 bits per heavy atom. The number of aliphatic carboxylic acids is 1. The highest BCUT2D eigenvalue weighted by molar-refractivity contribution is 9.10. The second kappa shape index (κ2) is 4.58. The number of hydrogen-bond acceptors (Lipinski definition) is 4. The standard InChI is InChI=1S/C9H8BrNO5/c1-4-2-3-5(10)7(11(15)16)6(4)8(12)9(13)14/h2-3,8,12H,1H3,(H,13,14). The normalized spacial score (nSPS) is 12.2. The smallest absolute Gasteiger partial charge is 0.337 e. The number of carboxylic acid groups (broad SMARTS) is 1. The molecular weight excluding hydrogens is 282 g/mol. The summed E-state index contributed by atoms with van der Waals surface area (Å²) in [6, 6.07) is 2.93. The van der Waals surface area contributed by atoms with Crippen LogP contribution >= 0.6 is 15.9 Å². The first-order valence-electron chi connectivity index (χ1n) is 4.20. The second-order valence-electron chi connectivity index (χ2n) is 3.12. The zero-order valence-electron chi connectivity index (χ0n) is 8.18. The lowest BCUT2D eigenvalue weighted by Gasteiger charge is -2.10. The quantitative estimate of drug-likeness (QED) is 0.652. The lowest BCUT2D eigenvalue weighted by atomic mass is 10.0. The maximum absolute atomic E-state index is 10.8. The van der Waals surface area contributed by atoms with Gasteiger partial charge in [-0.2, -0.15) is 0 Å². The molecule has 1 aromatic rings. The van der Waals surface area contributed by atoms with Crippen LogP contribution in [0, 0.1) is 17.0 Å². The van der Waals surface area contributed by atoms with E-state index in [-0.39, 0.29) is 10.0 Å². The van der Waals surface area contributed by atoms with Gasteiger partial charge in [0.05, 0.1) is 15.0 Å². The Balaban J connectivity index is 3.52. The molecule has 0 fully saturated rings. The zero-order valence-corrected chi connectivity index (χ0v) is 9.76. The second-order valence-corrected chi connectivity index (χ2v) is 3.98. The molecule has 0 saturated heterocycles. The fourth-order valence-electron chi connectivity index (χ4n) is 1.34. The Morgan fingerprint density at radius 1 is 1.56 bits per heavy atom. The molecule has 0 heterocycles. The number of halogens is 1. The summed E-state index contributed by atoms with van der Waals surface area (Å²) in [6.07, 6.45) is -1.90. The lowest BCUT2D eigenvalue weighted by molar-refractivity contribution is -0.386. The van der Waals surface area contributed by atoms with Gasteiger partial charge in [-0.05, 0) is 34.5 Å². The van der Waals surface area contributed by atoms with Crippen LogP contribution in [-0.2, 0) is 4.79 Å². The van der Waals surface area contributed by atoms with Gasteiger partial charge in [0.25, 0.3) is 5.69 Å². The van der Waals surface area contributed by atoms with Gasteiger partial charge < -0.3 is 10.2 Å². The van der Waals surface area contributed by atoms with Gasteiger partial charge in [0, 0.05) is 0 Å². The van der Waals surface area contributed by atoms with E-state index >= 15 is 0 Å². The molecule has 6 nitrogen and oxygen atoms in total. The minimum absolute atomic E-state index is 0.137. The van der Waals surface area contributed by atoms with Crippen molar-refractivity contribution in [3.8, 4) is 0 Å². The van der Waals surface area contributed by atoms with Crippen molar-refractivity contribution in [2.45, 2.75) is 13.0 Å². The summed E-state index contributed by atoms with van der Waals surface area (Å²) in [6.45, 7) is 1.50. The van der Waals surface area contributed by atoms with Crippen molar-refractivity contribution >= 4 is 27.6 Å². The fraction of sp³-hybridized carbons (Fsp3) is 0.222. The van der Waals surface area contributed by atoms with Gasteiger partial charge in [0.15, 0.2) is 6.10 Å². The maximum atomic E-state index is 10.8. The Labute approximate surface area is 98.8 Å². The van der Waals surface area contributed by atoms with E-state index in [0.29, 0.717) is 5.56 Å². The lowest BCUT2D eigenvalue weighted by Crippen LogP contribution is -2.14. The largest absolute Gasteiger partial charge is 0.479 e. The molecule has 0 amide bonds. The van der Waals surface area contributed by atoms with Crippen molar-refractivity contribution in [3.05, 3.63) is 37.8 Å². The van der Waals surface area contributed by atoms with Gasteiger partial charge in [-0.1, -0.05) is 6.07 Å². The average molecular weight is 290 g/mol. The van der Waals surface area contributed by atoms with E-state index < -0.39 is 22.7 Å². The molecule has 0 aliphatic carbocycles. The number of aliphatic hydroxyl groups is 1. The number of nitro groups is 1. The molecule has 1 aromatic carbocycles. The number of nitrogens with zero attached hydrogens (tertiary/aromatic N) is 1. The van der Waals surface area contributed by atoms with Crippen molar-refractivity contribution in [3.63, 3.8) is 0 Å². The number of aryl methyl sites for hydroxylation is 1. The molecule has 0 bridgehead atoms. The predicted molar refractivity (Wildman–Crippen MR) is 58.1 cm³/mol. The maximum Gasteiger partial charge on any atom is 0.337 e. The van der Waals surface area contributed by atoms with E-state index in [1.807, 2.05) is 0 Å². The van der Waals surface area contributed by atoms with Crippen LogP contribution in [-0.4, -0.2) is 21.1 Å². The summed E-state index contributed by atoms with van der Waals surface area (Å²) >= 11 is 2.95. The molecule has 1 unspecified atom stereocenters. The van der Waals surface area contributed by atoms with Crippen LogP contribution in [0.5, 0.6) is 0 Å². The Morgan fingerprint density at radius 3 is 2.56 bits per heavy atom. The summed E-state index contributed by atoms with van der Waals surface area (Å²) < 4.78 is 0.137. The van der Waals surface area contributed by atoms with Gasteiger partial charge in [-0.15, -0.1) is 0 Å². The Bertz CT molecular complexity index is 459. The number of carboxylic acids is 1. The summed E-state index contributed by atoms with van der Waals surface area (Å²) in [7, 11) is 0. The monoisotopic (exact) mass is 289 g/mol. The minimum Gasteiger partial charge on any atom is -0.479 e. The first-order chi connectivity index (χ1) is 7.36. The van der Waals surface area contributed by atoms with Crippen LogP contribution in [0.25, 0.3) is 0 Å². The third-order valence-electron chi connectivity index (χ3n) is 2.08. The van der Waals surface area contributed by atoms with E-state index in [0.717, 1.165) is 0 Å². The third kappa shape index (κ3) is 2.20. The van der Waals surface area contributed by atoms with E-state index in [1.165, 1.54) is 19.1 Å². The van der Waals surface area contributed by atoms with Gasteiger partial charge in [0.1, 0.15) is 0 Å². The molecular formula is C9H8BrNO5. The molecule has 0 spiro atoms. The van der Waals surface area contributed by atoms with Crippen LogP contribution in [0.4, 0.5) is 5.69 Å². The minimum atomic E-state index is -1.90. The number of aliphatic hydroxyl groups excluding tert-OH is 1. The molecule has 16 heavy (non-hydrogen) atoms. The summed E-state index contributed by atoms with van der Waals surface area (Å²) in [5.74, 6) is -1.52. The van der Waals surface area contributed by atoms with Gasteiger partial charge in [-0.3, -0.25) is 10.1 Å². The highest BCUT2D eigenvalue weighted by Crippen LogP contribution is 2.35. The first-order valence-corrected chi connectivity index (χ1v) is 4.99. The number of rotatable bonds is 3. The van der Waals surface area contributed by atoms with Crippen molar-refractivity contribution < 1.29 is 19.9 Å². The van der Waals surface area contributed by atoms with Crippen molar-refractivity contribution in [2.75, 3.05) is 0 Å². The molecule has 2 N–H and O–H groups in total. The molecule has 0 saturated carbocycles. The van der Waals surface area contributed by atoms with Crippen molar-refractivity contribution in [1.82, 2.24) is 0 Å². The van der Waals surface area contributed by atoms with Crippen LogP contribution in [0.3, 0.4) is 0 Å². The van der Waals surface area contributed by atoms with E-state index in [9.17, 15) is 20.0 Å². The van der Waals surface area contributed by atoms with Crippen LogP contribution in [0.15, 0.2) is 16.6 Å². The molecule has 1 atom stereocenters. The summed E-state index contributed by atoms with van der Waals surface area (Å²) in [4.78, 5) is 20.7. The molecule has 0 radical (unpaired) electrons. The Kier molecular flexibility index (Phi) is 3.61. The molecule has 7 heteroatoms. The van der Waals surface area contributed by atoms with Crippen molar-refractivity contribution in [2.24, 2.45) is 0 Å². The van der Waals surface area contributed by atoms with Gasteiger partial charge in [0.2, 0.25) is 0 Å². The SMILES string of the molecule is Cc1ccc(Br)c([N+](=O)[O-])c1C(O)C(=O)O. The summed E-state index contributed by atoms with van der Waals surface area (Å²) in [5, 5.41) is 28.9. The fourth-order valence-corrected chi connectivity index (χ4v) is 1.83. The highest BCUT2D eigenvalue weighted by atomic mass is 79.9. The topological polar surface area (TPSA) is 101 Å². The Hall–Kier alpha value is -1.47. The third-order valence-corrected chi connectivity index (χ3v) is 2.72.